The fraction of sp³-hybridized carbons (Fsp3) is 0.250. The molecule has 2 aromatic carbocycles. The van der Waals surface area contributed by atoms with E-state index in [2.05, 4.69) is 0 Å². The molecule has 2 saturated heterocycles. The average molecular weight is 421 g/mol. The monoisotopic (exact) mass is 420 g/mol. The van der Waals surface area contributed by atoms with E-state index in [1.165, 1.54) is 23.5 Å². The molecule has 0 bridgehead atoms. The molecule has 0 N–H and O–H groups in total. The van der Waals surface area contributed by atoms with Crippen LogP contribution in [0.5, 0.6) is 0 Å². The second kappa shape index (κ2) is 7.36. The van der Waals surface area contributed by atoms with Crippen LogP contribution >= 0.6 is 11.3 Å². The predicted molar refractivity (Wildman–Crippen MR) is 115 cm³/mol. The van der Waals surface area contributed by atoms with Crippen LogP contribution in [0.2, 0.25) is 0 Å². The summed E-state index contributed by atoms with van der Waals surface area (Å²) in [5.74, 6) is -0.306. The number of piperidine rings is 1. The van der Waals surface area contributed by atoms with Gasteiger partial charge in [-0.25, -0.2) is 4.39 Å². The van der Waals surface area contributed by atoms with E-state index >= 15 is 0 Å². The van der Waals surface area contributed by atoms with Gasteiger partial charge in [-0.15, -0.1) is 11.3 Å². The number of nitrogens with zero attached hydrogens (tertiary/aromatic N) is 2. The van der Waals surface area contributed by atoms with Gasteiger partial charge in [-0.2, -0.15) is 0 Å². The van der Waals surface area contributed by atoms with E-state index in [-0.39, 0.29) is 23.7 Å². The van der Waals surface area contributed by atoms with Crippen LogP contribution in [0.25, 0.3) is 0 Å². The molecule has 2 amide bonds. The van der Waals surface area contributed by atoms with Crippen LogP contribution in [0.3, 0.4) is 0 Å². The number of amides is 2. The largest absolute Gasteiger partial charge is 0.338 e. The minimum atomic E-state index is -0.556. The van der Waals surface area contributed by atoms with E-state index in [1.807, 2.05) is 52.7 Å². The Hall–Kier alpha value is -2.99. The first kappa shape index (κ1) is 19.0. The highest BCUT2D eigenvalue weighted by Crippen LogP contribution is 2.57. The first-order chi connectivity index (χ1) is 14.6. The smallest absolute Gasteiger partial charge is 0.263 e. The summed E-state index contributed by atoms with van der Waals surface area (Å²) in [6, 6.07) is 19.7. The minimum Gasteiger partial charge on any atom is -0.338 e. The summed E-state index contributed by atoms with van der Waals surface area (Å²) in [6.45, 7) is 1.09. The van der Waals surface area contributed by atoms with E-state index in [4.69, 9.17) is 0 Å². The molecule has 0 radical (unpaired) electrons. The van der Waals surface area contributed by atoms with Gasteiger partial charge in [-0.3, -0.25) is 9.59 Å². The van der Waals surface area contributed by atoms with Crippen LogP contribution in [-0.4, -0.2) is 29.8 Å². The molecule has 0 saturated carbocycles. The fourth-order valence-electron chi connectivity index (χ4n) is 4.80. The first-order valence-electron chi connectivity index (χ1n) is 10.1. The van der Waals surface area contributed by atoms with Crippen LogP contribution < -0.4 is 4.90 Å². The fourth-order valence-corrected chi connectivity index (χ4v) is 5.49. The Kier molecular flexibility index (Phi) is 4.66. The summed E-state index contributed by atoms with van der Waals surface area (Å²) in [6.07, 6.45) is 1.21. The van der Waals surface area contributed by atoms with Crippen molar-refractivity contribution in [3.63, 3.8) is 0 Å². The number of likely N-dealkylation sites (tertiary alicyclic amines) is 1. The van der Waals surface area contributed by atoms with Gasteiger partial charge in [0.25, 0.3) is 5.91 Å². The molecule has 2 fully saturated rings. The third-order valence-electron chi connectivity index (χ3n) is 6.30. The maximum Gasteiger partial charge on any atom is 0.263 e. The molecular formula is C24H21FN2O2S. The Morgan fingerprint density at radius 3 is 2.43 bits per heavy atom. The highest BCUT2D eigenvalue weighted by atomic mass is 32.1. The summed E-state index contributed by atoms with van der Waals surface area (Å²) in [7, 11) is 0. The zero-order valence-corrected chi connectivity index (χ0v) is 17.1. The summed E-state index contributed by atoms with van der Waals surface area (Å²) < 4.78 is 13.9. The number of rotatable bonds is 3. The van der Waals surface area contributed by atoms with Crippen molar-refractivity contribution < 1.29 is 14.0 Å². The summed E-state index contributed by atoms with van der Waals surface area (Å²) >= 11 is 1.44. The van der Waals surface area contributed by atoms with Gasteiger partial charge in [0.1, 0.15) is 5.82 Å². The topological polar surface area (TPSA) is 40.6 Å². The number of benzene rings is 2. The maximum absolute atomic E-state index is 13.9. The lowest BCUT2D eigenvalue weighted by molar-refractivity contribution is -0.144. The Morgan fingerprint density at radius 1 is 1.00 bits per heavy atom. The van der Waals surface area contributed by atoms with Crippen molar-refractivity contribution in [2.45, 2.75) is 18.9 Å². The lowest BCUT2D eigenvalue weighted by atomic mass is 9.62. The highest BCUT2D eigenvalue weighted by Gasteiger charge is 2.62. The zero-order chi connectivity index (χ0) is 20.7. The van der Waals surface area contributed by atoms with Crippen LogP contribution in [0.4, 0.5) is 10.1 Å². The van der Waals surface area contributed by atoms with Gasteiger partial charge in [0, 0.05) is 18.8 Å². The number of anilines is 1. The number of β-lactam (4-membered cyclic amide) rings is 1. The lowest BCUT2D eigenvalue weighted by Crippen LogP contribution is -2.67. The van der Waals surface area contributed by atoms with Crippen molar-refractivity contribution >= 4 is 28.8 Å². The molecule has 2 aliphatic rings. The van der Waals surface area contributed by atoms with E-state index in [1.54, 1.807) is 17.0 Å². The molecule has 0 aliphatic carbocycles. The predicted octanol–water partition coefficient (Wildman–Crippen LogP) is 4.90. The van der Waals surface area contributed by atoms with E-state index in [0.717, 1.165) is 10.4 Å². The molecule has 1 unspecified atom stereocenters. The normalized spacial score (nSPS) is 20.3. The number of carbonyl (C=O) groups excluding carboxylic acids is 2. The summed E-state index contributed by atoms with van der Waals surface area (Å²) in [4.78, 5) is 30.5. The Bertz CT molecular complexity index is 1080. The molecule has 1 aromatic heterocycles. The molecule has 30 heavy (non-hydrogen) atoms. The molecule has 3 aromatic rings. The van der Waals surface area contributed by atoms with Gasteiger partial charge < -0.3 is 9.80 Å². The van der Waals surface area contributed by atoms with Crippen molar-refractivity contribution in [3.8, 4) is 0 Å². The van der Waals surface area contributed by atoms with Crippen LogP contribution in [0, 0.1) is 11.2 Å². The molecule has 3 heterocycles. The van der Waals surface area contributed by atoms with Gasteiger partial charge >= 0.3 is 0 Å². The second-order valence-electron chi connectivity index (χ2n) is 7.89. The van der Waals surface area contributed by atoms with E-state index in [9.17, 15) is 14.0 Å². The number of carbonyl (C=O) groups is 2. The summed E-state index contributed by atoms with van der Waals surface area (Å²) in [5.41, 5.74) is 1.07. The molecule has 4 nitrogen and oxygen atoms in total. The van der Waals surface area contributed by atoms with Crippen LogP contribution in [-0.2, 0) is 4.79 Å². The van der Waals surface area contributed by atoms with E-state index in [0.29, 0.717) is 31.6 Å². The zero-order valence-electron chi connectivity index (χ0n) is 16.3. The number of thiophene rings is 1. The second-order valence-corrected chi connectivity index (χ2v) is 8.84. The number of hydrogen-bond acceptors (Lipinski definition) is 3. The van der Waals surface area contributed by atoms with E-state index < -0.39 is 5.41 Å². The average Bonchev–Trinajstić information content (AvgIpc) is 3.32. The molecule has 5 rings (SSSR count). The Morgan fingerprint density at radius 2 is 1.77 bits per heavy atom. The van der Waals surface area contributed by atoms with Gasteiger partial charge in [-0.05, 0) is 48.1 Å². The minimum absolute atomic E-state index is 0.0187. The third kappa shape index (κ3) is 2.94. The molecular weight excluding hydrogens is 399 g/mol. The van der Waals surface area contributed by atoms with Crippen LogP contribution in [0.15, 0.2) is 72.1 Å². The van der Waals surface area contributed by atoms with Gasteiger partial charge in [0.2, 0.25) is 5.91 Å². The molecule has 1 atom stereocenters. The Balaban J connectivity index is 1.44. The van der Waals surface area contributed by atoms with Gasteiger partial charge in [0.05, 0.1) is 16.3 Å². The molecule has 6 heteroatoms. The van der Waals surface area contributed by atoms with Gasteiger partial charge in [-0.1, -0.05) is 42.5 Å². The molecule has 152 valence electrons. The number of halogens is 1. The standard InChI is InChI=1S/C24H21FN2O2S/c25-18-8-4-9-19(16-18)27-21(17-6-2-1-3-7-17)24(23(27)29)11-13-26(14-12-24)22(28)20-10-5-15-30-20/h1-10,15-16,21H,11-14H2. The third-order valence-corrected chi connectivity index (χ3v) is 7.16. The highest BCUT2D eigenvalue weighted by molar-refractivity contribution is 7.12. The Labute approximate surface area is 178 Å². The van der Waals surface area contributed by atoms with Gasteiger partial charge in [0.15, 0.2) is 0 Å². The lowest BCUT2D eigenvalue weighted by Gasteiger charge is -2.59. The van der Waals surface area contributed by atoms with Crippen molar-refractivity contribution in [2.75, 3.05) is 18.0 Å². The quantitative estimate of drug-likeness (QED) is 0.566. The summed E-state index contributed by atoms with van der Waals surface area (Å²) in [5, 5.41) is 1.90. The molecule has 1 spiro atoms. The van der Waals surface area contributed by atoms with Crippen molar-refractivity contribution in [1.29, 1.82) is 0 Å². The SMILES string of the molecule is O=C(c1cccs1)N1CCC2(CC1)C(=O)N(c1cccc(F)c1)C2c1ccccc1. The first-order valence-corrected chi connectivity index (χ1v) is 11.0. The maximum atomic E-state index is 13.9. The van der Waals surface area contributed by atoms with Crippen molar-refractivity contribution in [2.24, 2.45) is 5.41 Å². The van der Waals surface area contributed by atoms with Crippen LogP contribution in [0.1, 0.15) is 34.1 Å². The molecule has 2 aliphatic heterocycles. The van der Waals surface area contributed by atoms with Crippen molar-refractivity contribution in [1.82, 2.24) is 4.90 Å². The van der Waals surface area contributed by atoms with Crippen molar-refractivity contribution in [3.05, 3.63) is 88.4 Å². The number of hydrogen-bond donors (Lipinski definition) is 0.